The van der Waals surface area contributed by atoms with E-state index in [2.05, 4.69) is 10.0 Å². The van der Waals surface area contributed by atoms with Crippen LogP contribution in [0.1, 0.15) is 43.0 Å². The third-order valence-electron chi connectivity index (χ3n) is 6.05. The molecule has 202 valence electrons. The van der Waals surface area contributed by atoms with E-state index in [1.807, 2.05) is 61.5 Å². The third-order valence-corrected chi connectivity index (χ3v) is 7.62. The summed E-state index contributed by atoms with van der Waals surface area (Å²) < 4.78 is 32.2. The molecule has 1 atom stereocenters. The van der Waals surface area contributed by atoms with E-state index in [1.54, 1.807) is 31.1 Å². The number of amides is 2. The fraction of sp³-hybridized carbons (Fsp3) is 0.310. The van der Waals surface area contributed by atoms with Crippen molar-refractivity contribution < 1.29 is 22.7 Å². The lowest BCUT2D eigenvalue weighted by Gasteiger charge is -2.31. The lowest BCUT2D eigenvalue weighted by atomic mass is 10.0. The third kappa shape index (κ3) is 7.66. The highest BCUT2D eigenvalue weighted by atomic mass is 32.2. The van der Waals surface area contributed by atoms with Crippen molar-refractivity contribution in [2.45, 2.75) is 44.2 Å². The van der Waals surface area contributed by atoms with Crippen molar-refractivity contribution in [2.24, 2.45) is 0 Å². The van der Waals surface area contributed by atoms with Crippen molar-refractivity contribution in [2.75, 3.05) is 20.2 Å². The van der Waals surface area contributed by atoms with Gasteiger partial charge in [0, 0.05) is 26.1 Å². The van der Waals surface area contributed by atoms with Crippen LogP contribution in [0.5, 0.6) is 5.75 Å². The Morgan fingerprint density at radius 2 is 1.50 bits per heavy atom. The van der Waals surface area contributed by atoms with Gasteiger partial charge in [-0.05, 0) is 54.3 Å². The molecule has 3 rings (SSSR count). The number of nitrogens with one attached hydrogen (secondary N) is 2. The second kappa shape index (κ2) is 13.7. The number of hydrogen-bond donors (Lipinski definition) is 2. The van der Waals surface area contributed by atoms with Crippen molar-refractivity contribution in [3.63, 3.8) is 0 Å². The van der Waals surface area contributed by atoms with Crippen LogP contribution in [0.4, 0.5) is 0 Å². The number of ether oxygens (including phenoxy) is 1. The van der Waals surface area contributed by atoms with E-state index in [0.29, 0.717) is 25.3 Å². The van der Waals surface area contributed by atoms with Gasteiger partial charge in [0.25, 0.3) is 0 Å². The molecule has 2 amide bonds. The molecule has 1 unspecified atom stereocenters. The number of carbonyl (C=O) groups excluding carboxylic acids is 2. The molecule has 0 saturated carbocycles. The Morgan fingerprint density at radius 1 is 0.868 bits per heavy atom. The second-order valence-electron chi connectivity index (χ2n) is 8.72. The highest BCUT2D eigenvalue weighted by Gasteiger charge is 2.31. The van der Waals surface area contributed by atoms with Crippen LogP contribution in [-0.2, 0) is 32.6 Å². The molecule has 8 nitrogen and oxygen atoms in total. The summed E-state index contributed by atoms with van der Waals surface area (Å²) in [7, 11) is -1.96. The van der Waals surface area contributed by atoms with Gasteiger partial charge in [-0.2, -0.15) is 0 Å². The van der Waals surface area contributed by atoms with E-state index < -0.39 is 16.1 Å². The molecule has 0 aromatic heterocycles. The van der Waals surface area contributed by atoms with Gasteiger partial charge in [-0.15, -0.1) is 0 Å². The lowest BCUT2D eigenvalue weighted by Crippen LogP contribution is -2.43. The predicted octanol–water partition coefficient (Wildman–Crippen LogP) is 3.83. The minimum absolute atomic E-state index is 0.151. The summed E-state index contributed by atoms with van der Waals surface area (Å²) in [6.45, 7) is 4.54. The fourth-order valence-electron chi connectivity index (χ4n) is 4.13. The van der Waals surface area contributed by atoms with Gasteiger partial charge in [0.15, 0.2) is 0 Å². The average Bonchev–Trinajstić information content (AvgIpc) is 2.92. The lowest BCUT2D eigenvalue weighted by molar-refractivity contribution is -0.141. The van der Waals surface area contributed by atoms with Crippen LogP contribution in [0.2, 0.25) is 0 Å². The van der Waals surface area contributed by atoms with Gasteiger partial charge in [-0.25, -0.2) is 13.1 Å². The van der Waals surface area contributed by atoms with Crippen LogP contribution in [0.3, 0.4) is 0 Å². The maximum atomic E-state index is 13.7. The number of methoxy groups -OCH3 is 1. The largest absolute Gasteiger partial charge is 0.497 e. The Labute approximate surface area is 225 Å². The van der Waals surface area contributed by atoms with Gasteiger partial charge in [0.2, 0.25) is 21.8 Å². The first kappa shape index (κ1) is 28.9. The first-order valence-corrected chi connectivity index (χ1v) is 14.1. The number of hydrogen-bond acceptors (Lipinski definition) is 5. The van der Waals surface area contributed by atoms with Gasteiger partial charge in [0.05, 0.1) is 12.0 Å². The van der Waals surface area contributed by atoms with E-state index >= 15 is 0 Å². The van der Waals surface area contributed by atoms with Crippen LogP contribution < -0.4 is 14.8 Å². The van der Waals surface area contributed by atoms with Gasteiger partial charge in [0.1, 0.15) is 11.8 Å². The monoisotopic (exact) mass is 537 g/mol. The van der Waals surface area contributed by atoms with Crippen LogP contribution >= 0.6 is 0 Å². The normalized spacial score (nSPS) is 12.0. The molecule has 3 aromatic rings. The highest BCUT2D eigenvalue weighted by molar-refractivity contribution is 7.89. The number of aryl methyl sites for hydroxylation is 1. The van der Waals surface area contributed by atoms with Crippen LogP contribution in [-0.4, -0.2) is 45.3 Å². The second-order valence-corrected chi connectivity index (χ2v) is 10.5. The molecule has 0 saturated heterocycles. The molecule has 0 aliphatic heterocycles. The molecule has 0 fully saturated rings. The molecule has 2 N–H and O–H groups in total. The fourth-order valence-corrected chi connectivity index (χ4v) is 5.17. The molecule has 3 aromatic carbocycles. The Hall–Kier alpha value is -3.69. The van der Waals surface area contributed by atoms with Crippen molar-refractivity contribution in [3.8, 4) is 5.75 Å². The maximum Gasteiger partial charge on any atom is 0.247 e. The summed E-state index contributed by atoms with van der Waals surface area (Å²) in [6.07, 6.45) is 0.550. The van der Waals surface area contributed by atoms with Crippen LogP contribution in [0.25, 0.3) is 0 Å². The summed E-state index contributed by atoms with van der Waals surface area (Å²) in [5.74, 6) is 0.262. The summed E-state index contributed by atoms with van der Waals surface area (Å²) in [4.78, 5) is 28.7. The molecule has 0 heterocycles. The summed E-state index contributed by atoms with van der Waals surface area (Å²) in [5, 5.41) is 2.87. The van der Waals surface area contributed by atoms with E-state index in [-0.39, 0.29) is 29.7 Å². The SMILES string of the molecule is CCNC(=O)C(c1ccccc1)N(Cc1ccc(OC)cc1)C(=O)CCc1ccc(S(=O)(=O)NCC)cc1. The zero-order valence-electron chi connectivity index (χ0n) is 22.0. The Morgan fingerprint density at radius 3 is 2.08 bits per heavy atom. The molecule has 0 bridgehead atoms. The topological polar surface area (TPSA) is 105 Å². The Kier molecular flexibility index (Phi) is 10.4. The van der Waals surface area contributed by atoms with Crippen molar-refractivity contribution in [1.82, 2.24) is 14.9 Å². The number of sulfonamides is 1. The van der Waals surface area contributed by atoms with Gasteiger partial charge in [-0.1, -0.05) is 61.5 Å². The van der Waals surface area contributed by atoms with Gasteiger partial charge in [-0.3, -0.25) is 9.59 Å². The average molecular weight is 538 g/mol. The number of benzene rings is 3. The van der Waals surface area contributed by atoms with Crippen LogP contribution in [0, 0.1) is 0 Å². The molecule has 38 heavy (non-hydrogen) atoms. The predicted molar refractivity (Wildman–Crippen MR) is 147 cm³/mol. The van der Waals surface area contributed by atoms with E-state index in [1.165, 1.54) is 12.1 Å². The number of nitrogens with zero attached hydrogens (tertiary/aromatic N) is 1. The zero-order valence-corrected chi connectivity index (χ0v) is 22.8. The molecule has 0 radical (unpaired) electrons. The van der Waals surface area contributed by atoms with Crippen molar-refractivity contribution >= 4 is 21.8 Å². The smallest absolute Gasteiger partial charge is 0.247 e. The quantitative estimate of drug-likeness (QED) is 0.345. The van der Waals surface area contributed by atoms with E-state index in [0.717, 1.165) is 16.7 Å². The molecule has 0 aliphatic carbocycles. The van der Waals surface area contributed by atoms with E-state index in [4.69, 9.17) is 4.74 Å². The molecule has 9 heteroatoms. The first-order chi connectivity index (χ1) is 18.3. The van der Waals surface area contributed by atoms with Crippen molar-refractivity contribution in [1.29, 1.82) is 0 Å². The number of likely N-dealkylation sites (N-methyl/N-ethyl adjacent to an activating group) is 1. The number of carbonyl (C=O) groups is 2. The minimum Gasteiger partial charge on any atom is -0.497 e. The van der Waals surface area contributed by atoms with E-state index in [9.17, 15) is 18.0 Å². The molecule has 0 aliphatic rings. The molecular formula is C29H35N3O5S. The standard InChI is InChI=1S/C29H35N3O5S/c1-4-30-29(34)28(24-9-7-6-8-10-24)32(21-23-11-16-25(37-3)17-12-23)27(33)20-15-22-13-18-26(19-14-22)38(35,36)31-5-2/h6-14,16-19,28,31H,4-5,15,20-21H2,1-3H3,(H,30,34). The van der Waals surface area contributed by atoms with Gasteiger partial charge < -0.3 is 15.0 Å². The molecule has 0 spiro atoms. The Balaban J connectivity index is 1.87. The van der Waals surface area contributed by atoms with Gasteiger partial charge >= 0.3 is 0 Å². The highest BCUT2D eigenvalue weighted by Crippen LogP contribution is 2.26. The summed E-state index contributed by atoms with van der Waals surface area (Å²) in [6, 6.07) is 22.3. The van der Waals surface area contributed by atoms with Crippen molar-refractivity contribution in [3.05, 3.63) is 95.6 Å². The first-order valence-electron chi connectivity index (χ1n) is 12.6. The molecular weight excluding hydrogens is 502 g/mol. The Bertz CT molecular complexity index is 1290. The number of rotatable bonds is 13. The zero-order chi connectivity index (χ0) is 27.5. The van der Waals surface area contributed by atoms with Crippen LogP contribution in [0.15, 0.2) is 83.8 Å². The summed E-state index contributed by atoms with van der Waals surface area (Å²) in [5.41, 5.74) is 2.41. The maximum absolute atomic E-state index is 13.7. The minimum atomic E-state index is -3.55. The summed E-state index contributed by atoms with van der Waals surface area (Å²) >= 11 is 0.